The minimum absolute atomic E-state index is 0.0108. The molecule has 6 nitrogen and oxygen atoms in total. The van der Waals surface area contributed by atoms with Crippen molar-refractivity contribution in [2.45, 2.75) is 0 Å². The second kappa shape index (κ2) is 3.97. The Balaban J connectivity index is 2.63. The van der Waals surface area contributed by atoms with Crippen LogP contribution in [0.1, 0.15) is 10.5 Å². The van der Waals surface area contributed by atoms with Crippen LogP contribution < -0.4 is 5.56 Å². The number of imidazole rings is 1. The van der Waals surface area contributed by atoms with E-state index in [1.54, 1.807) is 0 Å². The highest BCUT2D eigenvalue weighted by Gasteiger charge is 2.16. The number of nitrogens with one attached hydrogen (secondary N) is 1. The molecule has 0 aliphatic rings. The van der Waals surface area contributed by atoms with Crippen molar-refractivity contribution in [1.29, 1.82) is 0 Å². The maximum absolute atomic E-state index is 11.8. The van der Waals surface area contributed by atoms with Crippen molar-refractivity contribution in [3.8, 4) is 0 Å². The largest absolute Gasteiger partial charge is 0.477 e. The molecule has 0 radical (unpaired) electrons. The average Bonchev–Trinajstić information content (AvgIpc) is 2.77. The third kappa shape index (κ3) is 1.68. The van der Waals surface area contributed by atoms with Gasteiger partial charge < -0.3 is 10.1 Å². The Morgan fingerprint density at radius 2 is 2.00 bits per heavy atom. The number of nitrogens with zero attached hydrogens (tertiary/aromatic N) is 2. The predicted molar refractivity (Wildman–Crippen MR) is 70.3 cm³/mol. The Kier molecular flexibility index (Phi) is 2.51. The van der Waals surface area contributed by atoms with E-state index in [2.05, 4.69) is 9.97 Å². The van der Waals surface area contributed by atoms with Gasteiger partial charge in [-0.15, -0.1) is 0 Å². The minimum Gasteiger partial charge on any atom is -0.477 e. The van der Waals surface area contributed by atoms with E-state index < -0.39 is 11.5 Å². The summed E-state index contributed by atoms with van der Waals surface area (Å²) >= 11 is 11.8. The highest BCUT2D eigenvalue weighted by molar-refractivity contribution is 6.42. The zero-order chi connectivity index (χ0) is 13.7. The molecule has 3 rings (SSSR count). The van der Waals surface area contributed by atoms with Gasteiger partial charge in [0.05, 0.1) is 27.3 Å². The average molecular weight is 298 g/mol. The Morgan fingerprint density at radius 1 is 1.32 bits per heavy atom. The second-order valence-corrected chi connectivity index (χ2v) is 4.66. The summed E-state index contributed by atoms with van der Waals surface area (Å²) in [5.41, 5.74) is 0.164. The third-order valence-corrected chi connectivity index (χ3v) is 3.43. The number of carboxylic acid groups (broad SMARTS) is 1. The van der Waals surface area contributed by atoms with Gasteiger partial charge in [-0.1, -0.05) is 23.2 Å². The Bertz CT molecular complexity index is 897. The van der Waals surface area contributed by atoms with Gasteiger partial charge in [-0.05, 0) is 12.1 Å². The molecule has 0 spiro atoms. The van der Waals surface area contributed by atoms with Crippen molar-refractivity contribution in [3.05, 3.63) is 44.4 Å². The summed E-state index contributed by atoms with van der Waals surface area (Å²) in [6.45, 7) is 0. The molecule has 2 heterocycles. The van der Waals surface area contributed by atoms with E-state index in [0.717, 1.165) is 6.20 Å². The van der Waals surface area contributed by atoms with E-state index in [4.69, 9.17) is 28.3 Å². The number of carbonyl (C=O) groups is 1. The fraction of sp³-hybridized carbons (Fsp3) is 0. The maximum atomic E-state index is 11.8. The van der Waals surface area contributed by atoms with E-state index in [0.29, 0.717) is 11.0 Å². The molecule has 2 aromatic heterocycles. The van der Waals surface area contributed by atoms with Crippen LogP contribution in [0, 0.1) is 0 Å². The van der Waals surface area contributed by atoms with Gasteiger partial charge in [0.15, 0.2) is 5.69 Å². The molecule has 1 aromatic carbocycles. The first-order valence-corrected chi connectivity index (χ1v) is 5.86. The van der Waals surface area contributed by atoms with Crippen molar-refractivity contribution in [1.82, 2.24) is 14.4 Å². The van der Waals surface area contributed by atoms with Gasteiger partial charge in [-0.3, -0.25) is 9.20 Å². The number of carboxylic acids is 1. The zero-order valence-electron chi connectivity index (χ0n) is 9.15. The first-order chi connectivity index (χ1) is 8.99. The molecule has 0 bridgehead atoms. The molecular weight excluding hydrogens is 293 g/mol. The van der Waals surface area contributed by atoms with Crippen LogP contribution in [0.5, 0.6) is 0 Å². The van der Waals surface area contributed by atoms with Crippen LogP contribution in [0.4, 0.5) is 0 Å². The molecule has 0 aliphatic carbocycles. The number of H-pyrrole nitrogens is 1. The number of hydrogen-bond donors (Lipinski definition) is 2. The van der Waals surface area contributed by atoms with Crippen molar-refractivity contribution >= 4 is 45.9 Å². The normalized spacial score (nSPS) is 11.3. The number of hydrogen-bond acceptors (Lipinski definition) is 3. The van der Waals surface area contributed by atoms with Gasteiger partial charge in [0.1, 0.15) is 0 Å². The summed E-state index contributed by atoms with van der Waals surface area (Å²) in [5.74, 6) is -1.19. The summed E-state index contributed by atoms with van der Waals surface area (Å²) < 4.78 is 1.23. The van der Waals surface area contributed by atoms with Gasteiger partial charge in [0.2, 0.25) is 5.65 Å². The van der Waals surface area contributed by atoms with Crippen molar-refractivity contribution in [2.75, 3.05) is 0 Å². The molecule has 0 atom stereocenters. The van der Waals surface area contributed by atoms with E-state index in [-0.39, 0.29) is 21.4 Å². The first-order valence-electron chi connectivity index (χ1n) is 5.11. The van der Waals surface area contributed by atoms with Crippen LogP contribution in [-0.2, 0) is 0 Å². The van der Waals surface area contributed by atoms with E-state index >= 15 is 0 Å². The van der Waals surface area contributed by atoms with Crippen LogP contribution in [0.3, 0.4) is 0 Å². The lowest BCUT2D eigenvalue weighted by Crippen LogP contribution is -2.13. The molecule has 19 heavy (non-hydrogen) atoms. The quantitative estimate of drug-likeness (QED) is 0.720. The monoisotopic (exact) mass is 297 g/mol. The van der Waals surface area contributed by atoms with Gasteiger partial charge in [0, 0.05) is 0 Å². The first kappa shape index (κ1) is 12.0. The van der Waals surface area contributed by atoms with E-state index in [1.807, 2.05) is 0 Å². The lowest BCUT2D eigenvalue weighted by molar-refractivity contribution is 0.0690. The van der Waals surface area contributed by atoms with Crippen molar-refractivity contribution in [2.24, 2.45) is 0 Å². The highest BCUT2D eigenvalue weighted by atomic mass is 35.5. The topological polar surface area (TPSA) is 87.5 Å². The number of aromatic amines is 1. The van der Waals surface area contributed by atoms with Gasteiger partial charge in [-0.25, -0.2) is 9.78 Å². The number of benzene rings is 1. The Morgan fingerprint density at radius 3 is 2.68 bits per heavy atom. The van der Waals surface area contributed by atoms with Crippen LogP contribution in [0.25, 0.3) is 16.7 Å². The molecule has 0 amide bonds. The molecule has 0 fully saturated rings. The van der Waals surface area contributed by atoms with Gasteiger partial charge in [0.25, 0.3) is 5.56 Å². The summed E-state index contributed by atoms with van der Waals surface area (Å²) in [6, 6.07) is 2.95. The predicted octanol–water partition coefficient (Wildman–Crippen LogP) is 2.18. The Hall–Kier alpha value is -2.05. The molecule has 0 saturated heterocycles. The number of rotatable bonds is 1. The number of halogens is 2. The molecule has 0 aliphatic heterocycles. The standard InChI is InChI=1S/C11H5Cl2N3O3/c12-4-1-6-7(2-5(4)13)16-8(11(18)19)3-14-9(16)10(17)15-6/h1-3H,(H,15,17)(H,18,19). The van der Waals surface area contributed by atoms with Crippen LogP contribution in [-0.4, -0.2) is 25.4 Å². The van der Waals surface area contributed by atoms with Crippen LogP contribution in [0.2, 0.25) is 10.0 Å². The molecule has 3 aromatic rings. The lowest BCUT2D eigenvalue weighted by Gasteiger charge is -2.05. The van der Waals surface area contributed by atoms with Crippen molar-refractivity contribution in [3.63, 3.8) is 0 Å². The summed E-state index contributed by atoms with van der Waals surface area (Å²) in [7, 11) is 0. The molecule has 0 saturated carbocycles. The Labute approximate surface area is 115 Å². The molecular formula is C11H5Cl2N3O3. The van der Waals surface area contributed by atoms with Crippen LogP contribution in [0.15, 0.2) is 23.1 Å². The molecule has 2 N–H and O–H groups in total. The highest BCUT2D eigenvalue weighted by Crippen LogP contribution is 2.27. The van der Waals surface area contributed by atoms with E-state index in [9.17, 15) is 9.59 Å². The maximum Gasteiger partial charge on any atom is 0.354 e. The minimum atomic E-state index is -1.19. The second-order valence-electron chi connectivity index (χ2n) is 3.85. The summed E-state index contributed by atoms with van der Waals surface area (Å²) in [4.78, 5) is 29.3. The third-order valence-electron chi connectivity index (χ3n) is 2.71. The van der Waals surface area contributed by atoms with Gasteiger partial charge in [-0.2, -0.15) is 0 Å². The SMILES string of the molecule is O=C(O)c1cnc2c(=O)[nH]c3cc(Cl)c(Cl)cc3n12. The number of aromatic nitrogens is 3. The molecule has 8 heteroatoms. The lowest BCUT2D eigenvalue weighted by atomic mass is 10.3. The molecule has 0 unspecified atom stereocenters. The fourth-order valence-corrected chi connectivity index (χ4v) is 2.23. The zero-order valence-corrected chi connectivity index (χ0v) is 10.7. The number of fused-ring (bicyclic) bond motifs is 3. The van der Waals surface area contributed by atoms with Gasteiger partial charge >= 0.3 is 5.97 Å². The van der Waals surface area contributed by atoms with E-state index in [1.165, 1.54) is 16.5 Å². The molecule has 96 valence electrons. The van der Waals surface area contributed by atoms with Crippen LogP contribution >= 0.6 is 23.2 Å². The number of aromatic carboxylic acids is 1. The fourth-order valence-electron chi connectivity index (χ4n) is 1.91. The van der Waals surface area contributed by atoms with Crippen molar-refractivity contribution < 1.29 is 9.90 Å². The smallest absolute Gasteiger partial charge is 0.354 e. The summed E-state index contributed by atoms with van der Waals surface area (Å²) in [5, 5.41) is 9.64. The summed E-state index contributed by atoms with van der Waals surface area (Å²) in [6.07, 6.45) is 1.12.